The van der Waals surface area contributed by atoms with Crippen LogP contribution in [0.3, 0.4) is 0 Å². The molecule has 0 aromatic carbocycles. The van der Waals surface area contributed by atoms with E-state index in [0.717, 1.165) is 44.6 Å². The number of rotatable bonds is 8. The Morgan fingerprint density at radius 1 is 1.18 bits per heavy atom. The first-order chi connectivity index (χ1) is 10.6. The zero-order valence-corrected chi connectivity index (χ0v) is 14.2. The van der Waals surface area contributed by atoms with E-state index in [9.17, 15) is 0 Å². The molecule has 2 atom stereocenters. The molecule has 0 saturated carbocycles. The third-order valence-electron chi connectivity index (χ3n) is 3.98. The molecule has 1 fully saturated rings. The Morgan fingerprint density at radius 3 is 2.68 bits per heavy atom. The molecule has 0 unspecified atom stereocenters. The van der Waals surface area contributed by atoms with Crippen molar-refractivity contribution < 1.29 is 9.47 Å². The number of aromatic nitrogens is 2. The summed E-state index contributed by atoms with van der Waals surface area (Å²) in [6.07, 6.45) is 5.19. The van der Waals surface area contributed by atoms with Gasteiger partial charge in [0.2, 0.25) is 5.88 Å². The van der Waals surface area contributed by atoms with Crippen LogP contribution in [-0.4, -0.2) is 79.9 Å². The monoisotopic (exact) mass is 308 g/mol. The number of likely N-dealkylation sites (N-methyl/N-ethyl adjacent to an activating group) is 2. The Bertz CT molecular complexity index is 456. The van der Waals surface area contributed by atoms with E-state index >= 15 is 0 Å². The molecule has 1 saturated heterocycles. The van der Waals surface area contributed by atoms with Crippen molar-refractivity contribution in [2.45, 2.75) is 31.5 Å². The maximum atomic E-state index is 6.16. The van der Waals surface area contributed by atoms with Gasteiger partial charge in [0, 0.05) is 32.1 Å². The van der Waals surface area contributed by atoms with Crippen molar-refractivity contribution in [1.29, 1.82) is 0 Å². The molecule has 0 N–H and O–H groups in total. The second-order valence-electron chi connectivity index (χ2n) is 6.28. The van der Waals surface area contributed by atoms with Gasteiger partial charge in [-0.15, -0.1) is 0 Å². The van der Waals surface area contributed by atoms with Gasteiger partial charge in [-0.25, -0.2) is 9.97 Å². The molecule has 6 heteroatoms. The van der Waals surface area contributed by atoms with Crippen LogP contribution in [0.4, 0.5) is 0 Å². The van der Waals surface area contributed by atoms with E-state index < -0.39 is 0 Å². The molecule has 124 valence electrons. The molecular formula is C16H28N4O2. The Kier molecular flexibility index (Phi) is 6.54. The van der Waals surface area contributed by atoms with E-state index in [1.165, 1.54) is 0 Å². The van der Waals surface area contributed by atoms with Crippen LogP contribution in [0.15, 0.2) is 12.4 Å². The zero-order chi connectivity index (χ0) is 15.9. The highest BCUT2D eigenvalue weighted by Gasteiger charge is 2.26. The number of methoxy groups -OCH3 is 1. The lowest BCUT2D eigenvalue weighted by atomic mass is 10.1. The van der Waals surface area contributed by atoms with Crippen molar-refractivity contribution in [3.05, 3.63) is 18.1 Å². The molecule has 1 aliphatic rings. The fourth-order valence-corrected chi connectivity index (χ4v) is 2.71. The molecule has 0 aliphatic carbocycles. The second-order valence-corrected chi connectivity index (χ2v) is 6.28. The Morgan fingerprint density at radius 2 is 1.95 bits per heavy atom. The summed E-state index contributed by atoms with van der Waals surface area (Å²) in [5.74, 6) is 0.614. The predicted molar refractivity (Wildman–Crippen MR) is 86.2 cm³/mol. The van der Waals surface area contributed by atoms with Crippen LogP contribution >= 0.6 is 0 Å². The number of nitrogens with zero attached hydrogens (tertiary/aromatic N) is 4. The van der Waals surface area contributed by atoms with Crippen LogP contribution in [-0.2, 0) is 11.2 Å². The highest BCUT2D eigenvalue weighted by atomic mass is 16.5. The van der Waals surface area contributed by atoms with Gasteiger partial charge in [0.15, 0.2) is 0 Å². The van der Waals surface area contributed by atoms with Crippen molar-refractivity contribution in [2.75, 3.05) is 47.9 Å². The van der Waals surface area contributed by atoms with E-state index in [1.54, 1.807) is 13.4 Å². The minimum absolute atomic E-state index is 0.256. The molecule has 0 radical (unpaired) electrons. The Balaban J connectivity index is 1.75. The summed E-state index contributed by atoms with van der Waals surface area (Å²) in [7, 11) is 7.99. The van der Waals surface area contributed by atoms with Gasteiger partial charge in [0.1, 0.15) is 6.33 Å². The summed E-state index contributed by atoms with van der Waals surface area (Å²) in [5.41, 5.74) is 0.985. The van der Waals surface area contributed by atoms with E-state index in [1.807, 2.05) is 6.07 Å². The quantitative estimate of drug-likeness (QED) is 0.716. The van der Waals surface area contributed by atoms with Crippen LogP contribution in [0.1, 0.15) is 18.5 Å². The second kappa shape index (κ2) is 8.41. The van der Waals surface area contributed by atoms with Crippen molar-refractivity contribution in [1.82, 2.24) is 19.8 Å². The van der Waals surface area contributed by atoms with Crippen molar-refractivity contribution in [2.24, 2.45) is 0 Å². The molecule has 1 aromatic heterocycles. The van der Waals surface area contributed by atoms with Crippen molar-refractivity contribution in [3.63, 3.8) is 0 Å². The van der Waals surface area contributed by atoms with Gasteiger partial charge in [-0.1, -0.05) is 0 Å². The molecule has 6 nitrogen and oxygen atoms in total. The minimum Gasteiger partial charge on any atom is -0.481 e. The predicted octanol–water partition coefficient (Wildman–Crippen LogP) is 1.07. The van der Waals surface area contributed by atoms with E-state index in [2.05, 4.69) is 40.9 Å². The lowest BCUT2D eigenvalue weighted by Gasteiger charge is -2.23. The number of hydrogen-bond donors (Lipinski definition) is 0. The fourth-order valence-electron chi connectivity index (χ4n) is 2.71. The van der Waals surface area contributed by atoms with E-state index in [-0.39, 0.29) is 6.10 Å². The van der Waals surface area contributed by atoms with Crippen LogP contribution < -0.4 is 4.74 Å². The zero-order valence-electron chi connectivity index (χ0n) is 14.2. The van der Waals surface area contributed by atoms with E-state index in [4.69, 9.17) is 9.47 Å². The van der Waals surface area contributed by atoms with Crippen LogP contribution in [0.5, 0.6) is 5.88 Å². The first kappa shape index (κ1) is 17.1. The molecule has 0 spiro atoms. The Labute approximate surface area is 133 Å². The van der Waals surface area contributed by atoms with Crippen molar-refractivity contribution >= 4 is 0 Å². The number of ether oxygens (including phenoxy) is 2. The van der Waals surface area contributed by atoms with Gasteiger partial charge in [0.05, 0.1) is 25.0 Å². The average Bonchev–Trinajstić information content (AvgIpc) is 2.92. The van der Waals surface area contributed by atoms with Gasteiger partial charge in [-0.05, 0) is 34.0 Å². The van der Waals surface area contributed by atoms with Gasteiger partial charge < -0.3 is 19.3 Å². The minimum atomic E-state index is 0.256. The van der Waals surface area contributed by atoms with Gasteiger partial charge >= 0.3 is 0 Å². The largest absolute Gasteiger partial charge is 0.481 e. The summed E-state index contributed by atoms with van der Waals surface area (Å²) in [4.78, 5) is 12.9. The van der Waals surface area contributed by atoms with E-state index in [0.29, 0.717) is 12.0 Å². The molecule has 1 aliphatic heterocycles. The maximum Gasteiger partial charge on any atom is 0.216 e. The molecule has 1 aromatic rings. The summed E-state index contributed by atoms with van der Waals surface area (Å²) in [6.45, 7) is 3.14. The number of hydrogen-bond acceptors (Lipinski definition) is 6. The lowest BCUT2D eigenvalue weighted by Crippen LogP contribution is -2.34. The fraction of sp³-hybridized carbons (Fsp3) is 0.750. The first-order valence-corrected chi connectivity index (χ1v) is 7.90. The molecule has 0 bridgehead atoms. The lowest BCUT2D eigenvalue weighted by molar-refractivity contribution is 0.0267. The topological polar surface area (TPSA) is 50.7 Å². The maximum absolute atomic E-state index is 6.16. The molecule has 0 amide bonds. The summed E-state index contributed by atoms with van der Waals surface area (Å²) >= 11 is 0. The van der Waals surface area contributed by atoms with Gasteiger partial charge in [-0.3, -0.25) is 0 Å². The van der Waals surface area contributed by atoms with Crippen LogP contribution in [0.2, 0.25) is 0 Å². The van der Waals surface area contributed by atoms with Gasteiger partial charge in [0.25, 0.3) is 0 Å². The van der Waals surface area contributed by atoms with Gasteiger partial charge in [-0.2, -0.15) is 0 Å². The van der Waals surface area contributed by atoms with Crippen LogP contribution in [0.25, 0.3) is 0 Å². The summed E-state index contributed by atoms with van der Waals surface area (Å²) in [6, 6.07) is 1.89. The SMILES string of the molecule is COc1cc(C[C@@H]2CC[C@H](CN(C)CCN(C)C)O2)ncn1. The third-order valence-corrected chi connectivity index (χ3v) is 3.98. The molecule has 22 heavy (non-hydrogen) atoms. The normalized spacial score (nSPS) is 21.7. The molecule has 2 rings (SSSR count). The Hall–Kier alpha value is -1.24. The summed E-state index contributed by atoms with van der Waals surface area (Å²) in [5, 5.41) is 0. The molecular weight excluding hydrogens is 280 g/mol. The molecule has 2 heterocycles. The smallest absolute Gasteiger partial charge is 0.216 e. The van der Waals surface area contributed by atoms with Crippen molar-refractivity contribution in [3.8, 4) is 5.88 Å². The first-order valence-electron chi connectivity index (χ1n) is 7.90. The standard InChI is InChI=1S/C16H28N4O2/c1-19(2)7-8-20(3)11-15-6-5-14(22-15)9-13-10-16(21-4)18-12-17-13/h10,12,14-15H,5-9,11H2,1-4H3/t14-,15+/m0/s1. The average molecular weight is 308 g/mol. The highest BCUT2D eigenvalue weighted by Crippen LogP contribution is 2.23. The highest BCUT2D eigenvalue weighted by molar-refractivity contribution is 5.14. The summed E-state index contributed by atoms with van der Waals surface area (Å²) < 4.78 is 11.3. The van der Waals surface area contributed by atoms with Crippen LogP contribution in [0, 0.1) is 0 Å². The third kappa shape index (κ3) is 5.51.